The topological polar surface area (TPSA) is 54.0 Å². The van der Waals surface area contributed by atoms with Gasteiger partial charge in [0.15, 0.2) is 0 Å². The predicted octanol–water partition coefficient (Wildman–Crippen LogP) is 4.83. The molecule has 3 rings (SSSR count). The van der Waals surface area contributed by atoms with E-state index in [9.17, 15) is 4.79 Å². The molecule has 25 heavy (non-hydrogen) atoms. The van der Waals surface area contributed by atoms with Crippen molar-refractivity contribution in [3.63, 3.8) is 0 Å². The van der Waals surface area contributed by atoms with Gasteiger partial charge in [0, 0.05) is 17.2 Å². The highest BCUT2D eigenvalue weighted by atomic mass is 79.9. The van der Waals surface area contributed by atoms with E-state index in [1.165, 1.54) is 5.56 Å². The molecule has 1 amide bonds. The molecule has 0 fully saturated rings. The molecule has 4 nitrogen and oxygen atoms in total. The van der Waals surface area contributed by atoms with E-state index in [0.29, 0.717) is 17.9 Å². The van der Waals surface area contributed by atoms with Gasteiger partial charge in [-0.2, -0.15) is 0 Å². The quantitative estimate of drug-likeness (QED) is 0.650. The van der Waals surface area contributed by atoms with Crippen LogP contribution >= 0.6 is 15.9 Å². The number of nitrogens with zero attached hydrogens (tertiary/aromatic N) is 1. The molecule has 0 radical (unpaired) electrons. The SMILES string of the molecule is Cc1cccc(CNC(=O)c2ccc(Nc3ccccc3Br)nc2)c1. The lowest BCUT2D eigenvalue weighted by atomic mass is 10.1. The van der Waals surface area contributed by atoms with Gasteiger partial charge < -0.3 is 10.6 Å². The first kappa shape index (κ1) is 17.2. The lowest BCUT2D eigenvalue weighted by Crippen LogP contribution is -2.22. The van der Waals surface area contributed by atoms with Crippen LogP contribution in [-0.2, 0) is 6.54 Å². The fraction of sp³-hybridized carbons (Fsp3) is 0.100. The highest BCUT2D eigenvalue weighted by molar-refractivity contribution is 9.10. The van der Waals surface area contributed by atoms with E-state index >= 15 is 0 Å². The summed E-state index contributed by atoms with van der Waals surface area (Å²) in [5.74, 6) is 0.545. The molecule has 1 aromatic heterocycles. The average Bonchev–Trinajstić information content (AvgIpc) is 2.62. The van der Waals surface area contributed by atoms with Crippen molar-refractivity contribution in [2.75, 3.05) is 5.32 Å². The number of halogens is 1. The molecule has 126 valence electrons. The van der Waals surface area contributed by atoms with Crippen molar-refractivity contribution in [2.24, 2.45) is 0 Å². The fourth-order valence-corrected chi connectivity index (χ4v) is 2.79. The van der Waals surface area contributed by atoms with Gasteiger partial charge in [0.1, 0.15) is 5.82 Å². The van der Waals surface area contributed by atoms with E-state index in [2.05, 4.69) is 37.6 Å². The Labute approximate surface area is 155 Å². The Morgan fingerprint density at radius 1 is 1.08 bits per heavy atom. The standard InChI is InChI=1S/C20H18BrN3O/c1-14-5-4-6-15(11-14)12-23-20(25)16-9-10-19(22-13-16)24-18-8-3-2-7-17(18)21/h2-11,13H,12H2,1H3,(H,22,24)(H,23,25). The second-order valence-corrected chi connectivity index (χ2v) is 6.56. The number of benzene rings is 2. The molecular formula is C20H18BrN3O. The molecule has 0 saturated carbocycles. The van der Waals surface area contributed by atoms with Gasteiger partial charge >= 0.3 is 0 Å². The number of aryl methyl sites for hydroxylation is 1. The molecule has 3 aromatic rings. The van der Waals surface area contributed by atoms with Crippen LogP contribution < -0.4 is 10.6 Å². The summed E-state index contributed by atoms with van der Waals surface area (Å²) in [6.45, 7) is 2.53. The molecule has 0 atom stereocenters. The number of rotatable bonds is 5. The maximum absolute atomic E-state index is 12.2. The first-order valence-corrected chi connectivity index (χ1v) is 8.72. The lowest BCUT2D eigenvalue weighted by Gasteiger charge is -2.09. The maximum Gasteiger partial charge on any atom is 0.253 e. The van der Waals surface area contributed by atoms with Gasteiger partial charge in [0.2, 0.25) is 0 Å². The Kier molecular flexibility index (Phi) is 5.46. The summed E-state index contributed by atoms with van der Waals surface area (Å²) in [6.07, 6.45) is 1.57. The van der Waals surface area contributed by atoms with Crippen molar-refractivity contribution < 1.29 is 4.79 Å². The average molecular weight is 396 g/mol. The van der Waals surface area contributed by atoms with Crippen LogP contribution in [0.15, 0.2) is 71.3 Å². The van der Waals surface area contributed by atoms with E-state index in [4.69, 9.17) is 0 Å². The van der Waals surface area contributed by atoms with Crippen LogP contribution in [0.3, 0.4) is 0 Å². The molecule has 1 heterocycles. The largest absolute Gasteiger partial charge is 0.348 e. The van der Waals surface area contributed by atoms with Gasteiger partial charge in [-0.1, -0.05) is 42.0 Å². The zero-order valence-corrected chi connectivity index (χ0v) is 15.4. The molecule has 0 aliphatic rings. The molecule has 2 N–H and O–H groups in total. The number of carbonyl (C=O) groups is 1. The first-order valence-electron chi connectivity index (χ1n) is 7.93. The number of pyridine rings is 1. The van der Waals surface area contributed by atoms with Crippen LogP contribution in [0.5, 0.6) is 0 Å². The van der Waals surface area contributed by atoms with Crippen LogP contribution in [0, 0.1) is 6.92 Å². The van der Waals surface area contributed by atoms with Crippen molar-refractivity contribution in [1.82, 2.24) is 10.3 Å². The number of amides is 1. The number of carbonyl (C=O) groups excluding carboxylic acids is 1. The highest BCUT2D eigenvalue weighted by Crippen LogP contribution is 2.24. The lowest BCUT2D eigenvalue weighted by molar-refractivity contribution is 0.0950. The first-order chi connectivity index (χ1) is 12.1. The van der Waals surface area contributed by atoms with Crippen LogP contribution in [0.4, 0.5) is 11.5 Å². The Morgan fingerprint density at radius 2 is 1.92 bits per heavy atom. The van der Waals surface area contributed by atoms with Gasteiger partial charge in [0.25, 0.3) is 5.91 Å². The zero-order chi connectivity index (χ0) is 17.6. The number of nitrogens with one attached hydrogen (secondary N) is 2. The van der Waals surface area contributed by atoms with Crippen molar-refractivity contribution >= 4 is 33.3 Å². The molecule has 0 aliphatic heterocycles. The summed E-state index contributed by atoms with van der Waals surface area (Å²) in [7, 11) is 0. The maximum atomic E-state index is 12.2. The smallest absolute Gasteiger partial charge is 0.253 e. The third kappa shape index (κ3) is 4.67. The van der Waals surface area contributed by atoms with Crippen LogP contribution in [0.2, 0.25) is 0 Å². The van der Waals surface area contributed by atoms with Gasteiger partial charge in [0.05, 0.1) is 11.3 Å². The Bertz CT molecular complexity index is 878. The monoisotopic (exact) mass is 395 g/mol. The number of anilines is 2. The summed E-state index contributed by atoms with van der Waals surface area (Å²) < 4.78 is 0.955. The van der Waals surface area contributed by atoms with Crippen LogP contribution in [-0.4, -0.2) is 10.9 Å². The molecular weight excluding hydrogens is 378 g/mol. The Balaban J connectivity index is 1.61. The van der Waals surface area contributed by atoms with Crippen LogP contribution in [0.25, 0.3) is 0 Å². The molecule has 0 saturated heterocycles. The van der Waals surface area contributed by atoms with Crippen molar-refractivity contribution in [2.45, 2.75) is 13.5 Å². The summed E-state index contributed by atoms with van der Waals surface area (Å²) in [6, 6.07) is 19.4. The predicted molar refractivity (Wildman–Crippen MR) is 104 cm³/mol. The number of hydrogen-bond donors (Lipinski definition) is 2. The Hall–Kier alpha value is -2.66. The molecule has 0 bridgehead atoms. The van der Waals surface area contributed by atoms with Crippen LogP contribution in [0.1, 0.15) is 21.5 Å². The second kappa shape index (κ2) is 7.94. The summed E-state index contributed by atoms with van der Waals surface area (Å²) in [4.78, 5) is 16.6. The second-order valence-electron chi connectivity index (χ2n) is 5.71. The molecule has 0 unspecified atom stereocenters. The highest BCUT2D eigenvalue weighted by Gasteiger charge is 2.07. The van der Waals surface area contributed by atoms with E-state index < -0.39 is 0 Å². The molecule has 0 spiro atoms. The van der Waals surface area contributed by atoms with E-state index in [1.54, 1.807) is 18.3 Å². The number of para-hydroxylation sites is 1. The van der Waals surface area contributed by atoms with Gasteiger partial charge in [-0.25, -0.2) is 4.98 Å². The van der Waals surface area contributed by atoms with Crippen molar-refractivity contribution in [3.05, 3.63) is 88.0 Å². The third-order valence-corrected chi connectivity index (χ3v) is 4.39. The van der Waals surface area contributed by atoms with E-state index in [-0.39, 0.29) is 5.91 Å². The molecule has 0 aliphatic carbocycles. The normalized spacial score (nSPS) is 10.3. The summed E-state index contributed by atoms with van der Waals surface area (Å²) >= 11 is 3.48. The van der Waals surface area contributed by atoms with Crippen molar-refractivity contribution in [3.8, 4) is 0 Å². The number of hydrogen-bond acceptors (Lipinski definition) is 3. The zero-order valence-electron chi connectivity index (χ0n) is 13.8. The molecule has 2 aromatic carbocycles. The van der Waals surface area contributed by atoms with E-state index in [0.717, 1.165) is 15.7 Å². The van der Waals surface area contributed by atoms with Gasteiger partial charge in [-0.05, 0) is 52.7 Å². The third-order valence-electron chi connectivity index (χ3n) is 3.70. The van der Waals surface area contributed by atoms with Crippen molar-refractivity contribution in [1.29, 1.82) is 0 Å². The minimum Gasteiger partial charge on any atom is -0.348 e. The summed E-state index contributed by atoms with van der Waals surface area (Å²) in [5.41, 5.74) is 3.71. The Morgan fingerprint density at radius 3 is 2.64 bits per heavy atom. The fourth-order valence-electron chi connectivity index (χ4n) is 2.41. The summed E-state index contributed by atoms with van der Waals surface area (Å²) in [5, 5.41) is 6.13. The van der Waals surface area contributed by atoms with Gasteiger partial charge in [-0.3, -0.25) is 4.79 Å². The number of aromatic nitrogens is 1. The van der Waals surface area contributed by atoms with E-state index in [1.807, 2.05) is 49.4 Å². The van der Waals surface area contributed by atoms with Gasteiger partial charge in [-0.15, -0.1) is 0 Å². The molecule has 5 heteroatoms. The minimum atomic E-state index is -0.138. The minimum absolute atomic E-state index is 0.138.